The number of hydrogen-bond acceptors (Lipinski definition) is 5. The molecule has 9 nitrogen and oxygen atoms in total. The highest BCUT2D eigenvalue weighted by molar-refractivity contribution is 6.09. The first kappa shape index (κ1) is 20.1. The van der Waals surface area contributed by atoms with Crippen molar-refractivity contribution >= 4 is 23.8 Å². The smallest absolute Gasteiger partial charge is 0.325 e. The number of furan rings is 1. The van der Waals surface area contributed by atoms with Gasteiger partial charge in [-0.2, -0.15) is 0 Å². The van der Waals surface area contributed by atoms with Crippen LogP contribution in [0.25, 0.3) is 0 Å². The third-order valence-electron chi connectivity index (χ3n) is 4.77. The van der Waals surface area contributed by atoms with Gasteiger partial charge >= 0.3 is 6.03 Å². The lowest BCUT2D eigenvalue weighted by atomic mass is 9.92. The summed E-state index contributed by atoms with van der Waals surface area (Å²) in [5, 5.41) is 5.27. The van der Waals surface area contributed by atoms with Crippen molar-refractivity contribution in [1.82, 2.24) is 20.4 Å². The van der Waals surface area contributed by atoms with Crippen LogP contribution in [-0.4, -0.2) is 53.7 Å². The molecule has 9 heteroatoms. The quantitative estimate of drug-likeness (QED) is 0.671. The zero-order chi connectivity index (χ0) is 21.0. The normalized spacial score (nSPS) is 18.5. The van der Waals surface area contributed by atoms with E-state index in [4.69, 9.17) is 4.42 Å². The van der Waals surface area contributed by atoms with E-state index in [0.717, 1.165) is 9.80 Å². The second kappa shape index (κ2) is 8.17. The van der Waals surface area contributed by atoms with Crippen LogP contribution >= 0.6 is 0 Å². The average molecular weight is 398 g/mol. The van der Waals surface area contributed by atoms with Gasteiger partial charge in [-0.05, 0) is 24.6 Å². The highest BCUT2D eigenvalue weighted by Crippen LogP contribution is 2.28. The average Bonchev–Trinajstić information content (AvgIpc) is 3.30. The summed E-state index contributed by atoms with van der Waals surface area (Å²) in [7, 11) is 1.43. The molecule has 0 aliphatic carbocycles. The summed E-state index contributed by atoms with van der Waals surface area (Å²) >= 11 is 0. The van der Waals surface area contributed by atoms with Crippen LogP contribution in [0.4, 0.5) is 4.79 Å². The van der Waals surface area contributed by atoms with E-state index in [9.17, 15) is 19.2 Å². The summed E-state index contributed by atoms with van der Waals surface area (Å²) in [4.78, 5) is 51.6. The van der Waals surface area contributed by atoms with Crippen molar-refractivity contribution in [2.24, 2.45) is 0 Å². The molecule has 0 saturated carbocycles. The van der Waals surface area contributed by atoms with Crippen LogP contribution < -0.4 is 10.6 Å². The molecule has 0 unspecified atom stereocenters. The maximum atomic E-state index is 12.8. The zero-order valence-electron chi connectivity index (χ0n) is 16.2. The molecule has 2 N–H and O–H groups in total. The first-order valence-corrected chi connectivity index (χ1v) is 9.04. The molecule has 5 amide bonds. The van der Waals surface area contributed by atoms with Crippen molar-refractivity contribution in [3.63, 3.8) is 0 Å². The van der Waals surface area contributed by atoms with Crippen molar-refractivity contribution in [2.75, 3.05) is 20.1 Å². The van der Waals surface area contributed by atoms with Gasteiger partial charge in [0.15, 0.2) is 0 Å². The first-order valence-electron chi connectivity index (χ1n) is 9.04. The van der Waals surface area contributed by atoms with E-state index < -0.39 is 29.9 Å². The van der Waals surface area contributed by atoms with Crippen molar-refractivity contribution in [1.29, 1.82) is 0 Å². The lowest BCUT2D eigenvalue weighted by Gasteiger charge is -2.23. The number of rotatable bonds is 7. The Morgan fingerprint density at radius 3 is 2.55 bits per heavy atom. The number of likely N-dealkylation sites (N-methyl/N-ethyl adjacent to an activating group) is 1. The number of nitrogens with zero attached hydrogens (tertiary/aromatic N) is 2. The van der Waals surface area contributed by atoms with E-state index in [1.807, 2.05) is 0 Å². The third kappa shape index (κ3) is 4.29. The van der Waals surface area contributed by atoms with Gasteiger partial charge < -0.3 is 20.0 Å². The van der Waals surface area contributed by atoms with Crippen LogP contribution in [0.15, 0.2) is 53.1 Å². The van der Waals surface area contributed by atoms with Crippen molar-refractivity contribution in [3.05, 3.63) is 60.1 Å². The minimum absolute atomic E-state index is 0.205. The molecule has 1 fully saturated rings. The zero-order valence-corrected chi connectivity index (χ0v) is 16.2. The highest BCUT2D eigenvalue weighted by atomic mass is 16.3. The number of hydrogen-bond donors (Lipinski definition) is 2. The minimum atomic E-state index is -1.24. The molecule has 1 atom stereocenters. The van der Waals surface area contributed by atoms with E-state index in [2.05, 4.69) is 10.6 Å². The summed E-state index contributed by atoms with van der Waals surface area (Å²) in [5.74, 6) is -0.841. The summed E-state index contributed by atoms with van der Waals surface area (Å²) in [6.07, 6.45) is 1.50. The Labute approximate surface area is 167 Å². The van der Waals surface area contributed by atoms with Gasteiger partial charge in [0.05, 0.1) is 19.4 Å². The molecular weight excluding hydrogens is 376 g/mol. The van der Waals surface area contributed by atoms with E-state index in [1.54, 1.807) is 49.4 Å². The van der Waals surface area contributed by atoms with Gasteiger partial charge in [-0.25, -0.2) is 4.79 Å². The molecule has 2 heterocycles. The largest absolute Gasteiger partial charge is 0.467 e. The number of carbonyl (C=O) groups is 4. The highest BCUT2D eigenvalue weighted by Gasteiger charge is 2.49. The first-order chi connectivity index (χ1) is 13.8. The molecule has 1 aliphatic heterocycles. The fraction of sp³-hybridized carbons (Fsp3) is 0.300. The van der Waals surface area contributed by atoms with E-state index in [-0.39, 0.29) is 19.0 Å². The summed E-state index contributed by atoms with van der Waals surface area (Å²) in [6.45, 7) is 1.14. The summed E-state index contributed by atoms with van der Waals surface area (Å²) < 4.78 is 5.12. The molecule has 152 valence electrons. The molecule has 29 heavy (non-hydrogen) atoms. The predicted molar refractivity (Wildman–Crippen MR) is 102 cm³/mol. The maximum Gasteiger partial charge on any atom is 0.325 e. The van der Waals surface area contributed by atoms with E-state index in [1.165, 1.54) is 13.3 Å². The molecule has 1 aliphatic rings. The van der Waals surface area contributed by atoms with Crippen LogP contribution in [0.1, 0.15) is 18.2 Å². The molecule has 1 aromatic heterocycles. The fourth-order valence-electron chi connectivity index (χ4n) is 3.02. The number of imide groups is 1. The van der Waals surface area contributed by atoms with Crippen LogP contribution in [0.3, 0.4) is 0 Å². The van der Waals surface area contributed by atoms with Crippen LogP contribution in [0.5, 0.6) is 0 Å². The van der Waals surface area contributed by atoms with Gasteiger partial charge in [0.25, 0.3) is 5.91 Å². The molecule has 0 spiro atoms. The molecule has 0 bridgehead atoms. The standard InChI is InChI=1S/C20H22N4O5/c1-20(14-7-4-3-5-8-14)18(27)24(19(28)22-20)13-17(26)23(2)12-16(25)21-11-15-9-6-10-29-15/h3-10H,11-13H2,1-2H3,(H,21,25)(H,22,28)/t20-/m1/s1. The van der Waals surface area contributed by atoms with Crippen molar-refractivity contribution in [2.45, 2.75) is 19.0 Å². The SMILES string of the molecule is CN(CC(=O)NCc1ccco1)C(=O)CN1C(=O)N[C@](C)(c2ccccc2)C1=O. The third-order valence-corrected chi connectivity index (χ3v) is 4.77. The molecule has 1 saturated heterocycles. The minimum Gasteiger partial charge on any atom is -0.467 e. The van der Waals surface area contributed by atoms with Crippen LogP contribution in [0.2, 0.25) is 0 Å². The monoisotopic (exact) mass is 398 g/mol. The number of amides is 5. The van der Waals surface area contributed by atoms with Crippen molar-refractivity contribution in [3.8, 4) is 0 Å². The predicted octanol–water partition coefficient (Wildman–Crippen LogP) is 0.821. The van der Waals surface area contributed by atoms with Crippen LogP contribution in [0, 0.1) is 0 Å². The lowest BCUT2D eigenvalue weighted by Crippen LogP contribution is -2.45. The number of nitrogens with one attached hydrogen (secondary N) is 2. The van der Waals surface area contributed by atoms with Gasteiger partial charge in [0.2, 0.25) is 11.8 Å². The Morgan fingerprint density at radius 1 is 1.17 bits per heavy atom. The molecule has 0 radical (unpaired) electrons. The Kier molecular flexibility index (Phi) is 5.67. The second-order valence-electron chi connectivity index (χ2n) is 6.92. The van der Waals surface area contributed by atoms with Crippen LogP contribution in [-0.2, 0) is 26.5 Å². The Balaban J connectivity index is 1.57. The molecule has 3 rings (SSSR count). The maximum absolute atomic E-state index is 12.8. The summed E-state index contributed by atoms with van der Waals surface area (Å²) in [6, 6.07) is 11.6. The lowest BCUT2D eigenvalue weighted by molar-refractivity contribution is -0.139. The van der Waals surface area contributed by atoms with E-state index >= 15 is 0 Å². The Hall–Kier alpha value is -3.62. The van der Waals surface area contributed by atoms with Gasteiger partial charge in [-0.1, -0.05) is 30.3 Å². The number of carbonyl (C=O) groups excluding carboxylic acids is 4. The molecule has 1 aromatic carbocycles. The van der Waals surface area contributed by atoms with E-state index in [0.29, 0.717) is 11.3 Å². The summed E-state index contributed by atoms with van der Waals surface area (Å²) in [5.41, 5.74) is -0.614. The second-order valence-corrected chi connectivity index (χ2v) is 6.92. The van der Waals surface area contributed by atoms with Gasteiger partial charge in [-0.15, -0.1) is 0 Å². The Morgan fingerprint density at radius 2 is 1.90 bits per heavy atom. The van der Waals surface area contributed by atoms with Crippen molar-refractivity contribution < 1.29 is 23.6 Å². The van der Waals surface area contributed by atoms with Gasteiger partial charge in [0.1, 0.15) is 17.8 Å². The number of benzene rings is 1. The topological polar surface area (TPSA) is 112 Å². The molecule has 2 aromatic rings. The van der Waals surface area contributed by atoms with Gasteiger partial charge in [0, 0.05) is 7.05 Å². The van der Waals surface area contributed by atoms with Gasteiger partial charge in [-0.3, -0.25) is 19.3 Å². The fourth-order valence-corrected chi connectivity index (χ4v) is 3.02. The number of urea groups is 1. The Bertz CT molecular complexity index is 912. The molecular formula is C20H22N4O5.